The van der Waals surface area contributed by atoms with E-state index in [1.165, 1.54) is 16.5 Å². The largest absolute Gasteiger partial charge is 0.361 e. The molecule has 4 aromatic rings. The number of anilines is 2. The standard InChI is InChI=1S/C23H24N6O/c30-22(16-8-9-16)26-23-25-20-6-3-7-21(29(20)27-23)28-12-10-15(11-13-28)18-14-24-19-5-2-1-4-17(18)19/h1-7,14-16,24H,8-13H2,(H,26,27,30). The molecule has 6 rings (SSSR count). The highest BCUT2D eigenvalue weighted by Crippen LogP contribution is 2.34. The minimum absolute atomic E-state index is 0.0343. The molecule has 0 radical (unpaired) electrons. The number of carbonyl (C=O) groups is 1. The van der Waals surface area contributed by atoms with Crippen LogP contribution in [-0.2, 0) is 4.79 Å². The van der Waals surface area contributed by atoms with Gasteiger partial charge in [0.1, 0.15) is 5.82 Å². The number of para-hydroxylation sites is 1. The molecule has 7 nitrogen and oxygen atoms in total. The van der Waals surface area contributed by atoms with Gasteiger partial charge in [0.15, 0.2) is 5.65 Å². The highest BCUT2D eigenvalue weighted by molar-refractivity contribution is 5.92. The number of amides is 1. The second-order valence-electron chi connectivity index (χ2n) is 8.40. The highest BCUT2D eigenvalue weighted by Gasteiger charge is 2.30. The molecule has 1 saturated heterocycles. The molecule has 0 atom stereocenters. The summed E-state index contributed by atoms with van der Waals surface area (Å²) in [6.45, 7) is 1.93. The number of nitrogens with one attached hydrogen (secondary N) is 2. The first-order valence-electron chi connectivity index (χ1n) is 10.7. The predicted octanol–water partition coefficient (Wildman–Crippen LogP) is 3.94. The molecule has 1 amide bonds. The van der Waals surface area contributed by atoms with Gasteiger partial charge in [-0.3, -0.25) is 10.1 Å². The Labute approximate surface area is 174 Å². The summed E-state index contributed by atoms with van der Waals surface area (Å²) in [5, 5.41) is 8.78. The summed E-state index contributed by atoms with van der Waals surface area (Å²) < 4.78 is 1.86. The summed E-state index contributed by atoms with van der Waals surface area (Å²) in [6.07, 6.45) is 6.31. The van der Waals surface area contributed by atoms with Gasteiger partial charge in [-0.1, -0.05) is 24.3 Å². The van der Waals surface area contributed by atoms with E-state index in [-0.39, 0.29) is 11.8 Å². The Morgan fingerprint density at radius 3 is 2.70 bits per heavy atom. The van der Waals surface area contributed by atoms with Crippen molar-refractivity contribution in [1.29, 1.82) is 0 Å². The number of H-pyrrole nitrogens is 1. The van der Waals surface area contributed by atoms with Gasteiger partial charge in [0.2, 0.25) is 11.9 Å². The van der Waals surface area contributed by atoms with E-state index in [1.54, 1.807) is 0 Å². The number of pyridine rings is 1. The number of fused-ring (bicyclic) bond motifs is 2. The van der Waals surface area contributed by atoms with Gasteiger partial charge in [-0.2, -0.15) is 9.50 Å². The van der Waals surface area contributed by atoms with Gasteiger partial charge < -0.3 is 9.88 Å². The summed E-state index contributed by atoms with van der Waals surface area (Å²) in [6, 6.07) is 14.6. The maximum Gasteiger partial charge on any atom is 0.249 e. The van der Waals surface area contributed by atoms with E-state index in [2.05, 4.69) is 61.8 Å². The van der Waals surface area contributed by atoms with Crippen LogP contribution in [0.2, 0.25) is 0 Å². The number of aromatic nitrogens is 4. The van der Waals surface area contributed by atoms with E-state index < -0.39 is 0 Å². The third-order valence-electron chi connectivity index (χ3n) is 6.40. The minimum Gasteiger partial charge on any atom is -0.361 e. The van der Waals surface area contributed by atoms with Crippen molar-refractivity contribution in [1.82, 2.24) is 19.6 Å². The molecule has 1 aliphatic carbocycles. The van der Waals surface area contributed by atoms with Crippen LogP contribution in [0.25, 0.3) is 16.6 Å². The van der Waals surface area contributed by atoms with E-state index in [1.807, 2.05) is 16.6 Å². The van der Waals surface area contributed by atoms with Crippen molar-refractivity contribution in [3.05, 3.63) is 54.2 Å². The van der Waals surface area contributed by atoms with Crippen LogP contribution in [0, 0.1) is 5.92 Å². The summed E-state index contributed by atoms with van der Waals surface area (Å²) in [7, 11) is 0. The van der Waals surface area contributed by atoms with Gasteiger partial charge in [-0.05, 0) is 55.4 Å². The Kier molecular flexibility index (Phi) is 4.00. The Hall–Kier alpha value is -3.35. The quantitative estimate of drug-likeness (QED) is 0.544. The number of rotatable bonds is 4. The van der Waals surface area contributed by atoms with Gasteiger partial charge in [-0.25, -0.2) is 0 Å². The smallest absolute Gasteiger partial charge is 0.249 e. The molecule has 2 N–H and O–H groups in total. The molecule has 0 unspecified atom stereocenters. The lowest BCUT2D eigenvalue weighted by Crippen LogP contribution is -2.34. The van der Waals surface area contributed by atoms with Gasteiger partial charge in [0.05, 0.1) is 0 Å². The summed E-state index contributed by atoms with van der Waals surface area (Å²) >= 11 is 0. The fourth-order valence-electron chi connectivity index (χ4n) is 4.59. The van der Waals surface area contributed by atoms with Gasteiger partial charge in [0, 0.05) is 36.1 Å². The summed E-state index contributed by atoms with van der Waals surface area (Å²) in [5.41, 5.74) is 3.40. The van der Waals surface area contributed by atoms with Gasteiger partial charge >= 0.3 is 0 Å². The van der Waals surface area contributed by atoms with E-state index in [4.69, 9.17) is 0 Å². The fourth-order valence-corrected chi connectivity index (χ4v) is 4.59. The van der Waals surface area contributed by atoms with Crippen molar-refractivity contribution >= 4 is 34.2 Å². The van der Waals surface area contributed by atoms with Crippen LogP contribution < -0.4 is 10.2 Å². The molecule has 30 heavy (non-hydrogen) atoms. The zero-order valence-corrected chi connectivity index (χ0v) is 16.7. The van der Waals surface area contributed by atoms with Crippen LogP contribution in [0.5, 0.6) is 0 Å². The monoisotopic (exact) mass is 400 g/mol. The van der Waals surface area contributed by atoms with Crippen LogP contribution in [0.4, 0.5) is 11.8 Å². The summed E-state index contributed by atoms with van der Waals surface area (Å²) in [4.78, 5) is 22.4. The topological polar surface area (TPSA) is 78.3 Å². The second-order valence-corrected chi connectivity index (χ2v) is 8.40. The van der Waals surface area contributed by atoms with Gasteiger partial charge in [0.25, 0.3) is 0 Å². The maximum atomic E-state index is 12.1. The normalized spacial score (nSPS) is 17.7. The molecule has 0 spiro atoms. The Morgan fingerprint density at radius 1 is 1.03 bits per heavy atom. The molecule has 2 aliphatic rings. The van der Waals surface area contributed by atoms with Crippen LogP contribution in [0.3, 0.4) is 0 Å². The minimum atomic E-state index is 0.0343. The second kappa shape index (κ2) is 6.86. The molecule has 7 heteroatoms. The average Bonchev–Trinajstić information content (AvgIpc) is 3.42. The zero-order chi connectivity index (χ0) is 20.1. The lowest BCUT2D eigenvalue weighted by Gasteiger charge is -2.33. The zero-order valence-electron chi connectivity index (χ0n) is 16.7. The van der Waals surface area contributed by atoms with E-state index in [9.17, 15) is 4.79 Å². The molecule has 2 fully saturated rings. The number of carbonyl (C=O) groups excluding carboxylic acids is 1. The van der Waals surface area contributed by atoms with Crippen LogP contribution >= 0.6 is 0 Å². The van der Waals surface area contributed by atoms with E-state index >= 15 is 0 Å². The molecular weight excluding hydrogens is 376 g/mol. The van der Waals surface area contributed by atoms with Crippen LogP contribution in [0.1, 0.15) is 37.2 Å². The molecule has 152 valence electrons. The van der Waals surface area contributed by atoms with Crippen molar-refractivity contribution < 1.29 is 4.79 Å². The number of aromatic amines is 1. The first kappa shape index (κ1) is 17.5. The summed E-state index contributed by atoms with van der Waals surface area (Å²) in [5.74, 6) is 2.16. The molecule has 0 bridgehead atoms. The Balaban J connectivity index is 1.22. The van der Waals surface area contributed by atoms with E-state index in [0.29, 0.717) is 11.9 Å². The number of benzene rings is 1. The van der Waals surface area contributed by atoms with Crippen molar-refractivity contribution in [3.63, 3.8) is 0 Å². The van der Waals surface area contributed by atoms with E-state index in [0.717, 1.165) is 50.2 Å². The van der Waals surface area contributed by atoms with Crippen molar-refractivity contribution in [3.8, 4) is 0 Å². The Bertz CT molecular complexity index is 1230. The number of piperidine rings is 1. The van der Waals surface area contributed by atoms with Crippen molar-refractivity contribution in [2.75, 3.05) is 23.3 Å². The average molecular weight is 400 g/mol. The lowest BCUT2D eigenvalue weighted by molar-refractivity contribution is -0.117. The molecule has 1 saturated carbocycles. The molecule has 4 heterocycles. The third kappa shape index (κ3) is 3.01. The molecule has 1 aliphatic heterocycles. The first-order valence-corrected chi connectivity index (χ1v) is 10.7. The van der Waals surface area contributed by atoms with Crippen molar-refractivity contribution in [2.24, 2.45) is 5.92 Å². The number of hydrogen-bond donors (Lipinski definition) is 2. The maximum absolute atomic E-state index is 12.1. The Morgan fingerprint density at radius 2 is 1.87 bits per heavy atom. The van der Waals surface area contributed by atoms with Gasteiger partial charge in [-0.15, -0.1) is 5.10 Å². The number of hydrogen-bond acceptors (Lipinski definition) is 4. The highest BCUT2D eigenvalue weighted by atomic mass is 16.2. The fraction of sp³-hybridized carbons (Fsp3) is 0.348. The molecular formula is C23H24N6O. The van der Waals surface area contributed by atoms with Crippen LogP contribution in [0.15, 0.2) is 48.7 Å². The number of nitrogens with zero attached hydrogens (tertiary/aromatic N) is 4. The SMILES string of the molecule is O=C(Nc1nc2cccc(N3CCC(c4c[nH]c5ccccc45)CC3)n2n1)C1CC1. The van der Waals surface area contributed by atoms with Crippen molar-refractivity contribution in [2.45, 2.75) is 31.6 Å². The molecule has 3 aromatic heterocycles. The lowest BCUT2D eigenvalue weighted by atomic mass is 9.89. The predicted molar refractivity (Wildman–Crippen MR) is 117 cm³/mol. The third-order valence-corrected chi connectivity index (χ3v) is 6.40. The molecule has 1 aromatic carbocycles. The first-order chi connectivity index (χ1) is 14.8. The van der Waals surface area contributed by atoms with Crippen LogP contribution in [-0.4, -0.2) is 38.6 Å².